The van der Waals surface area contributed by atoms with Crippen LogP contribution in [-0.4, -0.2) is 21.0 Å². The molecule has 4 N–H and O–H groups in total. The number of carboxylic acids is 1. The normalized spacial score (nSPS) is 10.4. The van der Waals surface area contributed by atoms with E-state index in [0.717, 1.165) is 0 Å². The molecule has 24 heavy (non-hydrogen) atoms. The van der Waals surface area contributed by atoms with Crippen molar-refractivity contribution in [1.29, 1.82) is 0 Å². The Balaban J connectivity index is 1.88. The summed E-state index contributed by atoms with van der Waals surface area (Å²) in [5.41, 5.74) is 7.28. The smallest absolute Gasteiger partial charge is 0.335 e. The molecule has 6 nitrogen and oxygen atoms in total. The van der Waals surface area contributed by atoms with Crippen molar-refractivity contribution in [3.8, 4) is 11.4 Å². The lowest BCUT2D eigenvalue weighted by Crippen LogP contribution is -2.01. The van der Waals surface area contributed by atoms with Gasteiger partial charge in [-0.1, -0.05) is 0 Å². The number of nitrogens with two attached hydrogens (primary N) is 1. The number of halogens is 1. The van der Waals surface area contributed by atoms with E-state index in [0.29, 0.717) is 22.9 Å². The number of anilines is 3. The van der Waals surface area contributed by atoms with Crippen LogP contribution in [0.1, 0.15) is 10.4 Å². The van der Waals surface area contributed by atoms with Crippen molar-refractivity contribution in [2.75, 3.05) is 11.1 Å². The molecule has 0 fully saturated rings. The fourth-order valence-electron chi connectivity index (χ4n) is 2.10. The molecule has 120 valence electrons. The number of carbonyl (C=O) groups is 1. The fourth-order valence-corrected chi connectivity index (χ4v) is 2.10. The van der Waals surface area contributed by atoms with Gasteiger partial charge in [0, 0.05) is 17.3 Å². The third-order valence-electron chi connectivity index (χ3n) is 3.25. The zero-order chi connectivity index (χ0) is 17.1. The minimum absolute atomic E-state index is 0.190. The number of rotatable bonds is 4. The molecule has 0 aliphatic heterocycles. The Labute approximate surface area is 136 Å². The molecule has 0 saturated carbocycles. The molecular weight excluding hydrogens is 311 g/mol. The first-order chi connectivity index (χ1) is 11.5. The molecule has 3 rings (SSSR count). The Hall–Kier alpha value is -3.48. The molecule has 0 atom stereocenters. The first-order valence-corrected chi connectivity index (χ1v) is 7.02. The highest BCUT2D eigenvalue weighted by atomic mass is 19.1. The van der Waals surface area contributed by atoms with Crippen LogP contribution in [0.3, 0.4) is 0 Å². The maximum atomic E-state index is 13.0. The Kier molecular flexibility index (Phi) is 4.07. The van der Waals surface area contributed by atoms with Crippen LogP contribution in [0.5, 0.6) is 0 Å². The van der Waals surface area contributed by atoms with Crippen LogP contribution in [-0.2, 0) is 0 Å². The summed E-state index contributed by atoms with van der Waals surface area (Å²) in [5, 5.41) is 11.9. The van der Waals surface area contributed by atoms with Gasteiger partial charge in [-0.25, -0.2) is 19.2 Å². The quantitative estimate of drug-likeness (QED) is 0.680. The van der Waals surface area contributed by atoms with Gasteiger partial charge < -0.3 is 16.2 Å². The van der Waals surface area contributed by atoms with E-state index in [1.165, 1.54) is 24.3 Å². The molecule has 0 aliphatic rings. The van der Waals surface area contributed by atoms with E-state index in [-0.39, 0.29) is 17.2 Å². The Morgan fingerprint density at radius 1 is 1.04 bits per heavy atom. The van der Waals surface area contributed by atoms with Crippen molar-refractivity contribution < 1.29 is 14.3 Å². The van der Waals surface area contributed by atoms with E-state index >= 15 is 0 Å². The van der Waals surface area contributed by atoms with E-state index < -0.39 is 5.97 Å². The third kappa shape index (κ3) is 3.46. The van der Waals surface area contributed by atoms with Gasteiger partial charge in [-0.3, -0.25) is 0 Å². The summed E-state index contributed by atoms with van der Waals surface area (Å²) in [4.78, 5) is 19.3. The van der Waals surface area contributed by atoms with Crippen LogP contribution in [0.15, 0.2) is 54.6 Å². The van der Waals surface area contributed by atoms with Crippen LogP contribution < -0.4 is 11.1 Å². The molecule has 0 radical (unpaired) electrons. The highest BCUT2D eigenvalue weighted by molar-refractivity contribution is 5.88. The predicted molar refractivity (Wildman–Crippen MR) is 88.5 cm³/mol. The topological polar surface area (TPSA) is 101 Å². The summed E-state index contributed by atoms with van der Waals surface area (Å²) >= 11 is 0. The minimum Gasteiger partial charge on any atom is -0.478 e. The summed E-state index contributed by atoms with van der Waals surface area (Å²) in [6.45, 7) is 0. The van der Waals surface area contributed by atoms with Crippen LogP contribution in [0.4, 0.5) is 21.7 Å². The maximum Gasteiger partial charge on any atom is 0.335 e. The van der Waals surface area contributed by atoms with Crippen molar-refractivity contribution in [1.82, 2.24) is 9.97 Å². The van der Waals surface area contributed by atoms with Gasteiger partial charge in [0.25, 0.3) is 0 Å². The van der Waals surface area contributed by atoms with Crippen LogP contribution in [0.25, 0.3) is 11.4 Å². The van der Waals surface area contributed by atoms with Gasteiger partial charge in [0.15, 0.2) is 5.82 Å². The Bertz CT molecular complexity index is 880. The number of hydrogen-bond acceptors (Lipinski definition) is 5. The van der Waals surface area contributed by atoms with E-state index in [1.807, 2.05) is 0 Å². The van der Waals surface area contributed by atoms with Gasteiger partial charge in [0.2, 0.25) is 0 Å². The molecule has 3 aromatic rings. The van der Waals surface area contributed by atoms with Crippen LogP contribution >= 0.6 is 0 Å². The van der Waals surface area contributed by atoms with E-state index in [9.17, 15) is 9.18 Å². The van der Waals surface area contributed by atoms with Crippen molar-refractivity contribution in [2.45, 2.75) is 0 Å². The summed E-state index contributed by atoms with van der Waals surface area (Å²) < 4.78 is 13.0. The van der Waals surface area contributed by atoms with Crippen molar-refractivity contribution in [2.24, 2.45) is 0 Å². The fraction of sp³-hybridized carbons (Fsp3) is 0. The molecule has 0 amide bonds. The lowest BCUT2D eigenvalue weighted by Gasteiger charge is -2.09. The van der Waals surface area contributed by atoms with Gasteiger partial charge in [0.1, 0.15) is 17.5 Å². The molecule has 7 heteroatoms. The summed E-state index contributed by atoms with van der Waals surface area (Å²) in [6, 6.07) is 13.5. The van der Waals surface area contributed by atoms with Gasteiger partial charge in [-0.2, -0.15) is 0 Å². The average molecular weight is 324 g/mol. The summed E-state index contributed by atoms with van der Waals surface area (Å²) in [7, 11) is 0. The van der Waals surface area contributed by atoms with Gasteiger partial charge in [-0.15, -0.1) is 0 Å². The van der Waals surface area contributed by atoms with Crippen LogP contribution in [0.2, 0.25) is 0 Å². The lowest BCUT2D eigenvalue weighted by molar-refractivity contribution is 0.0697. The van der Waals surface area contributed by atoms with E-state index in [4.69, 9.17) is 10.8 Å². The van der Waals surface area contributed by atoms with E-state index in [1.54, 1.807) is 30.3 Å². The van der Waals surface area contributed by atoms with Gasteiger partial charge >= 0.3 is 5.97 Å². The lowest BCUT2D eigenvalue weighted by atomic mass is 10.2. The number of nitrogens with zero attached hydrogens (tertiary/aromatic N) is 2. The maximum absolute atomic E-state index is 13.0. The predicted octanol–water partition coefficient (Wildman–Crippen LogP) is 3.31. The second-order valence-electron chi connectivity index (χ2n) is 5.02. The highest BCUT2D eigenvalue weighted by Crippen LogP contribution is 2.22. The van der Waals surface area contributed by atoms with Crippen molar-refractivity contribution >= 4 is 23.3 Å². The molecular formula is C17H13FN4O2. The summed E-state index contributed by atoms with van der Waals surface area (Å²) in [6.07, 6.45) is 0. The van der Waals surface area contributed by atoms with E-state index in [2.05, 4.69) is 15.3 Å². The zero-order valence-electron chi connectivity index (χ0n) is 12.4. The number of hydrogen-bond donors (Lipinski definition) is 3. The molecule has 0 aliphatic carbocycles. The number of carboxylic acid groups (broad SMARTS) is 1. The molecule has 0 saturated heterocycles. The zero-order valence-corrected chi connectivity index (χ0v) is 12.4. The SMILES string of the molecule is Nc1cc(Nc2ccc(C(=O)O)cc2)nc(-c2ccc(F)cc2)n1. The number of aromatic carboxylic acids is 1. The molecule has 0 bridgehead atoms. The second kappa shape index (κ2) is 6.33. The number of nitrogen functional groups attached to an aromatic ring is 1. The molecule has 0 unspecified atom stereocenters. The first kappa shape index (κ1) is 15.4. The highest BCUT2D eigenvalue weighted by Gasteiger charge is 2.07. The average Bonchev–Trinajstić information content (AvgIpc) is 2.55. The first-order valence-electron chi connectivity index (χ1n) is 7.02. The molecule has 0 spiro atoms. The minimum atomic E-state index is -0.994. The molecule has 2 aromatic carbocycles. The third-order valence-corrected chi connectivity index (χ3v) is 3.25. The van der Waals surface area contributed by atoms with Crippen LogP contribution in [0, 0.1) is 5.82 Å². The molecule has 1 heterocycles. The standard InChI is InChI=1S/C17H13FN4O2/c18-12-5-1-10(2-6-12)16-21-14(19)9-15(22-16)20-13-7-3-11(4-8-13)17(23)24/h1-9H,(H,23,24)(H3,19,20,21,22). The Morgan fingerprint density at radius 2 is 1.71 bits per heavy atom. The monoisotopic (exact) mass is 324 g/mol. The van der Waals surface area contributed by atoms with Crippen molar-refractivity contribution in [3.05, 3.63) is 66.0 Å². The van der Waals surface area contributed by atoms with Gasteiger partial charge in [0.05, 0.1) is 5.56 Å². The Morgan fingerprint density at radius 3 is 2.33 bits per heavy atom. The molecule has 1 aromatic heterocycles. The largest absolute Gasteiger partial charge is 0.478 e. The number of nitrogens with one attached hydrogen (secondary N) is 1. The number of benzene rings is 2. The van der Waals surface area contributed by atoms with Gasteiger partial charge in [-0.05, 0) is 48.5 Å². The summed E-state index contributed by atoms with van der Waals surface area (Å²) in [5.74, 6) is -0.274. The number of aromatic nitrogens is 2. The van der Waals surface area contributed by atoms with Crippen molar-refractivity contribution in [3.63, 3.8) is 0 Å². The second-order valence-corrected chi connectivity index (χ2v) is 5.02.